The molecule has 3 atom stereocenters. The normalized spacial score (nSPS) is 27.1. The quantitative estimate of drug-likeness (QED) is 0.426. The molecule has 4 heterocycles. The fourth-order valence-electron chi connectivity index (χ4n) is 6.53. The Labute approximate surface area is 214 Å². The zero-order chi connectivity index (χ0) is 24.6. The molecule has 2 aliphatic heterocycles. The van der Waals surface area contributed by atoms with Gasteiger partial charge in [-0.25, -0.2) is 4.98 Å². The van der Waals surface area contributed by atoms with Gasteiger partial charge in [-0.05, 0) is 56.6 Å². The summed E-state index contributed by atoms with van der Waals surface area (Å²) in [5.74, 6) is 0.704. The van der Waals surface area contributed by atoms with Gasteiger partial charge in [0.15, 0.2) is 0 Å². The molecule has 192 valence electrons. The van der Waals surface area contributed by atoms with Gasteiger partial charge in [-0.1, -0.05) is 37.6 Å². The summed E-state index contributed by atoms with van der Waals surface area (Å²) < 4.78 is 2.36. The zero-order valence-electron chi connectivity index (χ0n) is 21.7. The van der Waals surface area contributed by atoms with Crippen molar-refractivity contribution >= 4 is 17.0 Å². The molecule has 2 saturated heterocycles. The first kappa shape index (κ1) is 23.9. The molecule has 7 heteroatoms. The van der Waals surface area contributed by atoms with Gasteiger partial charge in [-0.15, -0.1) is 0 Å². The van der Waals surface area contributed by atoms with Crippen molar-refractivity contribution < 1.29 is 5.11 Å². The molecule has 3 N–H and O–H groups in total. The average molecular weight is 489 g/mol. The van der Waals surface area contributed by atoms with Crippen LogP contribution in [-0.2, 0) is 6.54 Å². The Morgan fingerprint density at radius 2 is 1.94 bits per heavy atom. The fraction of sp³-hybridized carbons (Fsp3) is 0.586. The molecular formula is C29H40N6O. The molecule has 0 radical (unpaired) electrons. The van der Waals surface area contributed by atoms with Crippen LogP contribution in [0.2, 0.25) is 0 Å². The first-order chi connectivity index (χ1) is 17.6. The van der Waals surface area contributed by atoms with Gasteiger partial charge in [-0.2, -0.15) is 4.98 Å². The van der Waals surface area contributed by atoms with E-state index in [2.05, 4.69) is 64.4 Å². The van der Waals surface area contributed by atoms with E-state index in [0.29, 0.717) is 30.1 Å². The van der Waals surface area contributed by atoms with Gasteiger partial charge in [0.1, 0.15) is 5.65 Å². The summed E-state index contributed by atoms with van der Waals surface area (Å²) in [6.07, 6.45) is 11.3. The first-order valence-corrected chi connectivity index (χ1v) is 14.0. The molecule has 3 aliphatic rings. The van der Waals surface area contributed by atoms with Crippen molar-refractivity contribution in [3.05, 3.63) is 42.2 Å². The number of benzene rings is 1. The Morgan fingerprint density at radius 3 is 2.64 bits per heavy atom. The molecule has 2 bridgehead atoms. The van der Waals surface area contributed by atoms with Crippen LogP contribution in [0.1, 0.15) is 70.4 Å². The van der Waals surface area contributed by atoms with E-state index in [1.54, 1.807) is 0 Å². The highest BCUT2D eigenvalue weighted by Crippen LogP contribution is 2.37. The molecule has 0 spiro atoms. The Hall–Kier alpha value is -2.48. The van der Waals surface area contributed by atoms with Gasteiger partial charge in [0.25, 0.3) is 0 Å². The minimum atomic E-state index is -0.168. The maximum atomic E-state index is 10.1. The van der Waals surface area contributed by atoms with Crippen molar-refractivity contribution in [3.8, 4) is 11.1 Å². The SMILES string of the molecule is CCCC(C)Nc1ncc2c(-c3ccc(CN4C[C@@H]5C[C@H]4CN5)cc3)cn(C3CCC(O)CC3)c2n1. The summed E-state index contributed by atoms with van der Waals surface area (Å²) in [4.78, 5) is 12.3. The average Bonchev–Trinajstić information content (AvgIpc) is 3.60. The smallest absolute Gasteiger partial charge is 0.224 e. The molecule has 1 aliphatic carbocycles. The summed E-state index contributed by atoms with van der Waals surface area (Å²) in [5.41, 5.74) is 4.79. The van der Waals surface area contributed by atoms with E-state index in [1.807, 2.05) is 6.20 Å². The molecule has 1 saturated carbocycles. The summed E-state index contributed by atoms with van der Waals surface area (Å²) >= 11 is 0. The highest BCUT2D eigenvalue weighted by molar-refractivity contribution is 5.94. The van der Waals surface area contributed by atoms with Crippen LogP contribution in [0.4, 0.5) is 5.95 Å². The maximum absolute atomic E-state index is 10.1. The largest absolute Gasteiger partial charge is 0.393 e. The van der Waals surface area contributed by atoms with E-state index in [9.17, 15) is 5.11 Å². The second-order valence-corrected chi connectivity index (χ2v) is 11.3. The number of piperazine rings is 1. The molecule has 0 amide bonds. The van der Waals surface area contributed by atoms with Gasteiger partial charge in [0, 0.05) is 67.1 Å². The van der Waals surface area contributed by atoms with Gasteiger partial charge in [-0.3, -0.25) is 4.90 Å². The van der Waals surface area contributed by atoms with Crippen LogP contribution >= 0.6 is 0 Å². The highest BCUT2D eigenvalue weighted by atomic mass is 16.3. The van der Waals surface area contributed by atoms with Crippen molar-refractivity contribution in [1.82, 2.24) is 24.8 Å². The summed E-state index contributed by atoms with van der Waals surface area (Å²) in [6, 6.07) is 11.2. The second kappa shape index (κ2) is 10.1. The third kappa shape index (κ3) is 4.76. The molecule has 3 aromatic rings. The summed E-state index contributed by atoms with van der Waals surface area (Å²) in [7, 11) is 0. The lowest BCUT2D eigenvalue weighted by Gasteiger charge is -2.27. The third-order valence-corrected chi connectivity index (χ3v) is 8.55. The lowest BCUT2D eigenvalue weighted by atomic mass is 9.93. The Balaban J connectivity index is 1.29. The first-order valence-electron chi connectivity index (χ1n) is 14.0. The van der Waals surface area contributed by atoms with Crippen molar-refractivity contribution in [3.63, 3.8) is 0 Å². The monoisotopic (exact) mass is 488 g/mol. The Kier molecular flexibility index (Phi) is 6.71. The van der Waals surface area contributed by atoms with Crippen LogP contribution in [-0.4, -0.2) is 61.9 Å². The minimum Gasteiger partial charge on any atom is -0.393 e. The predicted octanol–water partition coefficient (Wildman–Crippen LogP) is 4.72. The number of hydrogen-bond donors (Lipinski definition) is 3. The predicted molar refractivity (Wildman–Crippen MR) is 145 cm³/mol. The topological polar surface area (TPSA) is 78.2 Å². The van der Waals surface area contributed by atoms with Gasteiger partial charge in [0.05, 0.1) is 6.10 Å². The number of likely N-dealkylation sites (tertiary alicyclic amines) is 1. The lowest BCUT2D eigenvalue weighted by molar-refractivity contribution is 0.111. The van der Waals surface area contributed by atoms with Crippen LogP contribution in [0.25, 0.3) is 22.2 Å². The molecule has 2 aromatic heterocycles. The van der Waals surface area contributed by atoms with E-state index in [-0.39, 0.29) is 6.10 Å². The Morgan fingerprint density at radius 1 is 1.14 bits per heavy atom. The van der Waals surface area contributed by atoms with Crippen molar-refractivity contribution in [2.45, 2.75) is 95.6 Å². The van der Waals surface area contributed by atoms with Crippen LogP contribution in [0.5, 0.6) is 0 Å². The highest BCUT2D eigenvalue weighted by Gasteiger charge is 2.37. The van der Waals surface area contributed by atoms with Gasteiger partial charge >= 0.3 is 0 Å². The van der Waals surface area contributed by atoms with Crippen molar-refractivity contribution in [2.24, 2.45) is 0 Å². The van der Waals surface area contributed by atoms with Crippen LogP contribution in [0, 0.1) is 0 Å². The van der Waals surface area contributed by atoms with Gasteiger partial charge < -0.3 is 20.3 Å². The molecular weight excluding hydrogens is 448 g/mol. The number of nitrogens with zero attached hydrogens (tertiary/aromatic N) is 4. The van der Waals surface area contributed by atoms with Crippen LogP contribution in [0.15, 0.2) is 36.7 Å². The lowest BCUT2D eigenvalue weighted by Crippen LogP contribution is -2.42. The third-order valence-electron chi connectivity index (χ3n) is 8.55. The van der Waals surface area contributed by atoms with Crippen LogP contribution in [0.3, 0.4) is 0 Å². The van der Waals surface area contributed by atoms with E-state index < -0.39 is 0 Å². The fourth-order valence-corrected chi connectivity index (χ4v) is 6.53. The molecule has 36 heavy (non-hydrogen) atoms. The van der Waals surface area contributed by atoms with Crippen LogP contribution < -0.4 is 10.6 Å². The molecule has 1 unspecified atom stereocenters. The second-order valence-electron chi connectivity index (χ2n) is 11.3. The maximum Gasteiger partial charge on any atom is 0.224 e. The van der Waals surface area contributed by atoms with Gasteiger partial charge in [0.2, 0.25) is 5.95 Å². The molecule has 7 nitrogen and oxygen atoms in total. The summed E-state index contributed by atoms with van der Waals surface area (Å²) in [5, 5.41) is 18.3. The number of aromatic nitrogens is 3. The van der Waals surface area contributed by atoms with E-state index >= 15 is 0 Å². The number of aliphatic hydroxyl groups is 1. The van der Waals surface area contributed by atoms with E-state index in [1.165, 1.54) is 29.7 Å². The number of nitrogens with one attached hydrogen (secondary N) is 2. The number of fused-ring (bicyclic) bond motifs is 3. The summed E-state index contributed by atoms with van der Waals surface area (Å²) in [6.45, 7) is 7.72. The minimum absolute atomic E-state index is 0.168. The number of hydrogen-bond acceptors (Lipinski definition) is 6. The zero-order valence-corrected chi connectivity index (χ0v) is 21.7. The number of rotatable bonds is 8. The molecule has 3 fully saturated rings. The van der Waals surface area contributed by atoms with Crippen molar-refractivity contribution in [2.75, 3.05) is 18.4 Å². The standard InChI is InChI=1S/C29H40N6O/c1-3-4-19(2)32-29-31-15-26-27(18-35(28(26)33-29)23-9-11-25(36)12-10-23)21-7-5-20(6-8-21)16-34-17-22-13-24(34)14-30-22/h5-8,15,18-19,22-25,30,36H,3-4,9-14,16-17H2,1-2H3,(H,31,32,33)/t19?,22-,23?,24-,25?/m0/s1. The molecule has 1 aromatic carbocycles. The van der Waals surface area contributed by atoms with E-state index in [0.717, 1.165) is 62.6 Å². The molecule has 6 rings (SSSR count). The number of aliphatic hydroxyl groups excluding tert-OH is 1. The Bertz CT molecular complexity index is 1180. The van der Waals surface area contributed by atoms with Crippen molar-refractivity contribution in [1.29, 1.82) is 0 Å². The van der Waals surface area contributed by atoms with E-state index in [4.69, 9.17) is 9.97 Å². The number of anilines is 1.